The quantitative estimate of drug-likeness (QED) is 0.428. The summed E-state index contributed by atoms with van der Waals surface area (Å²) in [6.07, 6.45) is 1.57. The minimum Gasteiger partial charge on any atom is -0.465 e. The van der Waals surface area contributed by atoms with Gasteiger partial charge in [-0.25, -0.2) is 9.78 Å². The topological polar surface area (TPSA) is 85.8 Å². The largest absolute Gasteiger partial charge is 0.534 e. The predicted octanol–water partition coefficient (Wildman–Crippen LogP) is 3.24. The van der Waals surface area contributed by atoms with Gasteiger partial charge in [0.2, 0.25) is 0 Å². The molecule has 2 aromatic rings. The fraction of sp³-hybridized carbons (Fsp3) is 0.412. The number of ether oxygens (including phenoxy) is 1. The summed E-state index contributed by atoms with van der Waals surface area (Å²) in [5, 5.41) is 0.439. The lowest BCUT2D eigenvalue weighted by atomic mass is 10.1. The maximum absolute atomic E-state index is 12.8. The number of hydrogen-bond acceptors (Lipinski definition) is 7. The van der Waals surface area contributed by atoms with E-state index in [1.54, 1.807) is 4.90 Å². The molecule has 1 atom stereocenters. The van der Waals surface area contributed by atoms with Crippen molar-refractivity contribution in [2.24, 2.45) is 0 Å². The van der Waals surface area contributed by atoms with Crippen LogP contribution in [-0.4, -0.2) is 44.6 Å². The third kappa shape index (κ3) is 3.71. The van der Waals surface area contributed by atoms with E-state index in [0.29, 0.717) is 11.9 Å². The number of pyridine rings is 1. The molecule has 3 rings (SSSR count). The average Bonchev–Trinajstić information content (AvgIpc) is 3.04. The molecule has 1 fully saturated rings. The summed E-state index contributed by atoms with van der Waals surface area (Å²) in [6.45, 7) is 2.37. The number of benzene rings is 1. The lowest BCUT2D eigenvalue weighted by Gasteiger charge is -2.25. The summed E-state index contributed by atoms with van der Waals surface area (Å²) in [5.74, 6) is -1.23. The molecule has 152 valence electrons. The second kappa shape index (κ2) is 7.12. The molecular formula is C17H17F3N2O5S. The van der Waals surface area contributed by atoms with Crippen molar-refractivity contribution in [2.45, 2.75) is 31.3 Å². The molecular weight excluding hydrogens is 401 g/mol. The Kier molecular flexibility index (Phi) is 5.13. The monoisotopic (exact) mass is 418 g/mol. The summed E-state index contributed by atoms with van der Waals surface area (Å²) in [4.78, 5) is 17.5. The number of anilines is 1. The molecule has 1 saturated heterocycles. The SMILES string of the molecule is COC(=O)c1ccc2nc(OS(=O)(=O)C(F)(F)F)c(N3CCC[C@H]3C)cc2c1. The van der Waals surface area contributed by atoms with Gasteiger partial charge in [-0.05, 0) is 44.0 Å². The van der Waals surface area contributed by atoms with E-state index in [-0.39, 0.29) is 22.8 Å². The highest BCUT2D eigenvalue weighted by molar-refractivity contribution is 7.88. The molecule has 2 heterocycles. The predicted molar refractivity (Wildman–Crippen MR) is 94.7 cm³/mol. The Morgan fingerprint density at radius 2 is 2.00 bits per heavy atom. The van der Waals surface area contributed by atoms with Gasteiger partial charge in [0.1, 0.15) is 5.69 Å². The van der Waals surface area contributed by atoms with Crippen LogP contribution in [0.25, 0.3) is 10.9 Å². The van der Waals surface area contributed by atoms with E-state index in [2.05, 4.69) is 13.9 Å². The summed E-state index contributed by atoms with van der Waals surface area (Å²) in [6, 6.07) is 5.66. The van der Waals surface area contributed by atoms with Gasteiger partial charge >= 0.3 is 21.6 Å². The van der Waals surface area contributed by atoms with Gasteiger partial charge in [-0.1, -0.05) is 0 Å². The van der Waals surface area contributed by atoms with E-state index in [9.17, 15) is 26.4 Å². The fourth-order valence-corrected chi connectivity index (χ4v) is 3.53. The van der Waals surface area contributed by atoms with Crippen molar-refractivity contribution < 1.29 is 35.3 Å². The molecule has 1 aromatic carbocycles. The number of carbonyl (C=O) groups excluding carboxylic acids is 1. The molecule has 1 aliphatic heterocycles. The van der Waals surface area contributed by atoms with Crippen LogP contribution in [0.5, 0.6) is 5.88 Å². The first-order chi connectivity index (χ1) is 13.0. The first-order valence-electron chi connectivity index (χ1n) is 8.34. The van der Waals surface area contributed by atoms with Gasteiger partial charge < -0.3 is 13.8 Å². The van der Waals surface area contributed by atoms with Crippen molar-refractivity contribution >= 4 is 32.7 Å². The number of aromatic nitrogens is 1. The molecule has 1 aliphatic rings. The molecule has 11 heteroatoms. The Bertz CT molecular complexity index is 1020. The van der Waals surface area contributed by atoms with Crippen LogP contribution in [-0.2, 0) is 14.9 Å². The number of methoxy groups -OCH3 is 1. The van der Waals surface area contributed by atoms with Crippen molar-refractivity contribution in [3.05, 3.63) is 29.8 Å². The Hall–Kier alpha value is -2.56. The van der Waals surface area contributed by atoms with Crippen LogP contribution in [0.15, 0.2) is 24.3 Å². The zero-order valence-corrected chi connectivity index (χ0v) is 15.8. The van der Waals surface area contributed by atoms with E-state index in [4.69, 9.17) is 0 Å². The minimum absolute atomic E-state index is 0.0426. The standard InChI is InChI=1S/C17H17F3N2O5S/c1-10-4-3-7-22(10)14-9-12-8-11(16(23)26-2)5-6-13(12)21-15(14)27-28(24,25)17(18,19)20/h5-6,8-10H,3-4,7H2,1-2H3/t10-/m1/s1. The lowest BCUT2D eigenvalue weighted by Crippen LogP contribution is -2.31. The number of fused-ring (bicyclic) bond motifs is 1. The van der Waals surface area contributed by atoms with Crippen LogP contribution in [0.3, 0.4) is 0 Å². The molecule has 0 unspecified atom stereocenters. The third-order valence-electron chi connectivity index (χ3n) is 4.52. The van der Waals surface area contributed by atoms with Gasteiger partial charge in [0.05, 0.1) is 18.2 Å². The zero-order valence-electron chi connectivity index (χ0n) is 15.0. The fourth-order valence-electron chi connectivity index (χ4n) is 3.10. The van der Waals surface area contributed by atoms with E-state index < -0.39 is 27.5 Å². The van der Waals surface area contributed by atoms with E-state index >= 15 is 0 Å². The first kappa shape index (κ1) is 20.2. The second-order valence-corrected chi connectivity index (χ2v) is 7.92. The minimum atomic E-state index is -5.88. The van der Waals surface area contributed by atoms with Crippen molar-refractivity contribution in [3.8, 4) is 5.88 Å². The maximum Gasteiger partial charge on any atom is 0.534 e. The molecule has 0 spiro atoms. The van der Waals surface area contributed by atoms with Crippen LogP contribution < -0.4 is 9.08 Å². The Labute approximate surface area is 159 Å². The average molecular weight is 418 g/mol. The van der Waals surface area contributed by atoms with E-state index in [1.165, 1.54) is 31.4 Å². The zero-order chi connectivity index (χ0) is 20.7. The van der Waals surface area contributed by atoms with Crippen LogP contribution in [0.4, 0.5) is 18.9 Å². The van der Waals surface area contributed by atoms with Gasteiger partial charge in [-0.2, -0.15) is 21.6 Å². The first-order valence-corrected chi connectivity index (χ1v) is 9.75. The summed E-state index contributed by atoms with van der Waals surface area (Å²) < 4.78 is 70.5. The molecule has 0 N–H and O–H groups in total. The number of halogens is 3. The molecule has 0 saturated carbocycles. The van der Waals surface area contributed by atoms with Crippen LogP contribution in [0.1, 0.15) is 30.1 Å². The second-order valence-electron chi connectivity index (χ2n) is 6.38. The summed E-state index contributed by atoms with van der Waals surface area (Å²) in [7, 11) is -4.65. The smallest absolute Gasteiger partial charge is 0.465 e. The van der Waals surface area contributed by atoms with E-state index in [1.807, 2.05) is 6.92 Å². The molecule has 0 radical (unpaired) electrons. The van der Waals surface area contributed by atoms with Crippen LogP contribution in [0, 0.1) is 0 Å². The number of esters is 1. The van der Waals surface area contributed by atoms with Crippen molar-refractivity contribution in [2.75, 3.05) is 18.6 Å². The molecule has 28 heavy (non-hydrogen) atoms. The maximum atomic E-state index is 12.8. The van der Waals surface area contributed by atoms with Crippen LogP contribution >= 0.6 is 0 Å². The molecule has 0 amide bonds. The van der Waals surface area contributed by atoms with Crippen molar-refractivity contribution in [1.29, 1.82) is 0 Å². The number of alkyl halides is 3. The molecule has 7 nitrogen and oxygen atoms in total. The third-order valence-corrected chi connectivity index (χ3v) is 5.46. The number of carbonyl (C=O) groups is 1. The molecule has 1 aromatic heterocycles. The number of rotatable bonds is 4. The van der Waals surface area contributed by atoms with Crippen LogP contribution in [0.2, 0.25) is 0 Å². The molecule has 0 aliphatic carbocycles. The normalized spacial score (nSPS) is 17.8. The number of hydrogen-bond donors (Lipinski definition) is 0. The Morgan fingerprint density at radius 1 is 1.29 bits per heavy atom. The molecule has 0 bridgehead atoms. The van der Waals surface area contributed by atoms with Crippen molar-refractivity contribution in [3.63, 3.8) is 0 Å². The van der Waals surface area contributed by atoms with Gasteiger partial charge in [-0.15, -0.1) is 0 Å². The highest BCUT2D eigenvalue weighted by atomic mass is 32.2. The lowest BCUT2D eigenvalue weighted by molar-refractivity contribution is -0.0501. The number of nitrogens with zero attached hydrogens (tertiary/aromatic N) is 2. The highest BCUT2D eigenvalue weighted by Crippen LogP contribution is 2.37. The summed E-state index contributed by atoms with van der Waals surface area (Å²) >= 11 is 0. The van der Waals surface area contributed by atoms with Gasteiger partial charge in [-0.3, -0.25) is 0 Å². The summed E-state index contributed by atoms with van der Waals surface area (Å²) in [5.41, 5.74) is -5.05. The Balaban J connectivity index is 2.16. The van der Waals surface area contributed by atoms with Gasteiger partial charge in [0, 0.05) is 18.0 Å². The van der Waals surface area contributed by atoms with Gasteiger partial charge in [0.25, 0.3) is 5.88 Å². The highest BCUT2D eigenvalue weighted by Gasteiger charge is 2.49. The van der Waals surface area contributed by atoms with Gasteiger partial charge in [0.15, 0.2) is 0 Å². The van der Waals surface area contributed by atoms with Crippen molar-refractivity contribution in [1.82, 2.24) is 4.98 Å². The Morgan fingerprint density at radius 3 is 2.57 bits per heavy atom. The van der Waals surface area contributed by atoms with E-state index in [0.717, 1.165) is 12.8 Å².